The minimum atomic E-state index is 0.525. The molecule has 0 saturated heterocycles. The van der Waals surface area contributed by atoms with Gasteiger partial charge in [-0.3, -0.25) is 0 Å². The molecule has 2 aromatic rings. The zero-order valence-corrected chi connectivity index (χ0v) is 10.9. The highest BCUT2D eigenvalue weighted by Gasteiger charge is 2.21. The summed E-state index contributed by atoms with van der Waals surface area (Å²) < 4.78 is 4.65. The third-order valence-electron chi connectivity index (χ3n) is 2.95. The van der Waals surface area contributed by atoms with E-state index in [4.69, 9.17) is 0 Å². The number of aromatic nitrogens is 2. The van der Waals surface area contributed by atoms with Crippen molar-refractivity contribution in [1.29, 1.82) is 0 Å². The second-order valence-corrected chi connectivity index (χ2v) is 4.71. The first-order chi connectivity index (χ1) is 8.24. The van der Waals surface area contributed by atoms with Crippen molar-refractivity contribution in [3.8, 4) is 5.69 Å². The van der Waals surface area contributed by atoms with Crippen LogP contribution in [-0.2, 0) is 6.54 Å². The molecule has 1 aromatic heterocycles. The first-order valence-corrected chi connectivity index (χ1v) is 6.40. The maximum atomic E-state index is 2.36. The molecule has 17 heavy (non-hydrogen) atoms. The van der Waals surface area contributed by atoms with Crippen LogP contribution in [0.3, 0.4) is 0 Å². The van der Waals surface area contributed by atoms with Crippen LogP contribution >= 0.6 is 0 Å². The lowest BCUT2D eigenvalue weighted by atomic mass is 10.2. The van der Waals surface area contributed by atoms with Gasteiger partial charge in [0, 0.05) is 0 Å². The van der Waals surface area contributed by atoms with Crippen LogP contribution in [0.5, 0.6) is 0 Å². The average molecular weight is 229 g/mol. The molecule has 0 amide bonds. The molecule has 1 aromatic carbocycles. The van der Waals surface area contributed by atoms with Crippen molar-refractivity contribution < 1.29 is 4.57 Å². The maximum Gasteiger partial charge on any atom is 0.264 e. The molecule has 0 N–H and O–H groups in total. The lowest BCUT2D eigenvalue weighted by molar-refractivity contribution is -0.704. The molecule has 90 valence electrons. The van der Waals surface area contributed by atoms with Gasteiger partial charge < -0.3 is 0 Å². The van der Waals surface area contributed by atoms with Gasteiger partial charge in [0.2, 0.25) is 0 Å². The van der Waals surface area contributed by atoms with Gasteiger partial charge in [-0.1, -0.05) is 39.0 Å². The Morgan fingerprint density at radius 3 is 2.47 bits per heavy atom. The Balaban J connectivity index is 2.48. The van der Waals surface area contributed by atoms with E-state index in [-0.39, 0.29) is 0 Å². The summed E-state index contributed by atoms with van der Waals surface area (Å²) in [4.78, 5) is 0. The smallest absolute Gasteiger partial charge is 0.234 e. The number of para-hydroxylation sites is 1. The Kier molecular flexibility index (Phi) is 3.62. The van der Waals surface area contributed by atoms with E-state index in [1.54, 1.807) is 0 Å². The second kappa shape index (κ2) is 5.17. The topological polar surface area (TPSA) is 8.81 Å². The third-order valence-corrected chi connectivity index (χ3v) is 2.95. The Morgan fingerprint density at radius 2 is 1.88 bits per heavy atom. The first-order valence-electron chi connectivity index (χ1n) is 6.40. The Morgan fingerprint density at radius 1 is 1.18 bits per heavy atom. The highest BCUT2D eigenvalue weighted by molar-refractivity contribution is 5.32. The van der Waals surface area contributed by atoms with Gasteiger partial charge in [-0.2, -0.15) is 4.57 Å². The van der Waals surface area contributed by atoms with Crippen LogP contribution in [0.1, 0.15) is 38.9 Å². The number of nitrogens with zero attached hydrogens (tertiary/aromatic N) is 2. The summed E-state index contributed by atoms with van der Waals surface area (Å²) in [5.74, 6) is 1.90. The van der Waals surface area contributed by atoms with E-state index >= 15 is 0 Å². The van der Waals surface area contributed by atoms with Gasteiger partial charge in [0.25, 0.3) is 5.82 Å². The van der Waals surface area contributed by atoms with Crippen LogP contribution in [-0.4, -0.2) is 4.57 Å². The van der Waals surface area contributed by atoms with Crippen LogP contribution in [0.25, 0.3) is 5.69 Å². The van der Waals surface area contributed by atoms with E-state index in [1.807, 2.05) is 0 Å². The molecule has 0 atom stereocenters. The van der Waals surface area contributed by atoms with Gasteiger partial charge in [-0.15, -0.1) is 0 Å². The predicted molar refractivity (Wildman–Crippen MR) is 70.3 cm³/mol. The fourth-order valence-electron chi connectivity index (χ4n) is 2.28. The standard InChI is InChI=1S/C15H21N2/c1-4-10-16-11-12-17(15(16)13(2)3)14-8-6-5-7-9-14/h5-9,11-13H,4,10H2,1-3H3/q+1. The van der Waals surface area contributed by atoms with Crippen molar-refractivity contribution in [2.45, 2.75) is 39.7 Å². The Bertz CT molecular complexity index is 469. The molecule has 0 aliphatic carbocycles. The highest BCUT2D eigenvalue weighted by atomic mass is 15.2. The van der Waals surface area contributed by atoms with Crippen LogP contribution < -0.4 is 4.57 Å². The summed E-state index contributed by atoms with van der Waals surface area (Å²) in [6.45, 7) is 7.81. The molecule has 2 nitrogen and oxygen atoms in total. The predicted octanol–water partition coefficient (Wildman–Crippen LogP) is 3.30. The van der Waals surface area contributed by atoms with Crippen LogP contribution in [0.15, 0.2) is 42.7 Å². The van der Waals surface area contributed by atoms with Crippen molar-refractivity contribution in [2.75, 3.05) is 0 Å². The molecular weight excluding hydrogens is 208 g/mol. The van der Waals surface area contributed by atoms with Crippen LogP contribution in [0, 0.1) is 0 Å². The molecule has 1 heterocycles. The molecule has 0 aliphatic heterocycles. The SMILES string of the molecule is CCC[n+]1ccn(-c2ccccc2)c1C(C)C. The fraction of sp³-hybridized carbons (Fsp3) is 0.400. The average Bonchev–Trinajstić information content (AvgIpc) is 2.74. The monoisotopic (exact) mass is 229 g/mol. The summed E-state index contributed by atoms with van der Waals surface area (Å²) in [5.41, 5.74) is 1.24. The Labute approximate surface area is 104 Å². The highest BCUT2D eigenvalue weighted by Crippen LogP contribution is 2.16. The van der Waals surface area contributed by atoms with Gasteiger partial charge in [0.15, 0.2) is 0 Å². The molecular formula is C15H21N2+. The first kappa shape index (κ1) is 11.9. The molecule has 2 heteroatoms. The molecule has 0 spiro atoms. The van der Waals surface area contributed by atoms with E-state index in [9.17, 15) is 0 Å². The minimum absolute atomic E-state index is 0.525. The lowest BCUT2D eigenvalue weighted by Crippen LogP contribution is -2.37. The third kappa shape index (κ3) is 2.41. The summed E-state index contributed by atoms with van der Waals surface area (Å²) >= 11 is 0. The molecule has 0 radical (unpaired) electrons. The minimum Gasteiger partial charge on any atom is -0.234 e. The van der Waals surface area contributed by atoms with Gasteiger partial charge >= 0.3 is 0 Å². The summed E-state index contributed by atoms with van der Waals surface area (Å²) in [6, 6.07) is 10.5. The largest absolute Gasteiger partial charge is 0.264 e. The number of aryl methyl sites for hydroxylation is 1. The molecule has 0 saturated carbocycles. The van der Waals surface area contributed by atoms with Gasteiger partial charge in [0.1, 0.15) is 18.1 Å². The van der Waals surface area contributed by atoms with Gasteiger partial charge in [0.05, 0.1) is 12.5 Å². The summed E-state index contributed by atoms with van der Waals surface area (Å²) in [5, 5.41) is 0. The molecule has 0 bridgehead atoms. The maximum absolute atomic E-state index is 2.36. The van der Waals surface area contributed by atoms with E-state index in [1.165, 1.54) is 17.9 Å². The van der Waals surface area contributed by atoms with Gasteiger partial charge in [-0.25, -0.2) is 4.57 Å². The van der Waals surface area contributed by atoms with Crippen LogP contribution in [0.2, 0.25) is 0 Å². The number of benzene rings is 1. The van der Waals surface area contributed by atoms with E-state index in [0.29, 0.717) is 5.92 Å². The number of hydrogen-bond donors (Lipinski definition) is 0. The van der Waals surface area contributed by atoms with E-state index < -0.39 is 0 Å². The Hall–Kier alpha value is -1.57. The van der Waals surface area contributed by atoms with E-state index in [2.05, 4.69) is 72.6 Å². The van der Waals surface area contributed by atoms with Crippen molar-refractivity contribution in [2.24, 2.45) is 0 Å². The normalized spacial score (nSPS) is 11.1. The quantitative estimate of drug-likeness (QED) is 0.711. The van der Waals surface area contributed by atoms with Crippen molar-refractivity contribution in [1.82, 2.24) is 4.57 Å². The zero-order chi connectivity index (χ0) is 12.3. The molecule has 0 fully saturated rings. The van der Waals surface area contributed by atoms with Crippen molar-refractivity contribution in [3.05, 3.63) is 48.5 Å². The number of imidazole rings is 1. The second-order valence-electron chi connectivity index (χ2n) is 4.71. The zero-order valence-electron chi connectivity index (χ0n) is 10.9. The fourth-order valence-corrected chi connectivity index (χ4v) is 2.28. The van der Waals surface area contributed by atoms with Crippen molar-refractivity contribution >= 4 is 0 Å². The van der Waals surface area contributed by atoms with Crippen LogP contribution in [0.4, 0.5) is 0 Å². The van der Waals surface area contributed by atoms with Gasteiger partial charge in [-0.05, 0) is 18.6 Å². The van der Waals surface area contributed by atoms with Crippen molar-refractivity contribution in [3.63, 3.8) is 0 Å². The molecule has 2 rings (SSSR count). The summed E-state index contributed by atoms with van der Waals surface area (Å²) in [6.07, 6.45) is 5.52. The molecule has 0 unspecified atom stereocenters. The summed E-state index contributed by atoms with van der Waals surface area (Å²) in [7, 11) is 0. The number of rotatable bonds is 4. The van der Waals surface area contributed by atoms with E-state index in [0.717, 1.165) is 6.54 Å². The number of hydrogen-bond acceptors (Lipinski definition) is 0. The lowest BCUT2D eigenvalue weighted by Gasteiger charge is -2.06. The molecule has 0 aliphatic rings.